The molecule has 0 aliphatic carbocycles. The summed E-state index contributed by atoms with van der Waals surface area (Å²) in [5.74, 6) is 0.909. The van der Waals surface area contributed by atoms with E-state index in [0.717, 1.165) is 45.1 Å². The minimum absolute atomic E-state index is 0. The van der Waals surface area contributed by atoms with Gasteiger partial charge in [0, 0.05) is 31.7 Å². The van der Waals surface area contributed by atoms with E-state index in [4.69, 9.17) is 9.73 Å². The smallest absolute Gasteiger partial charge is 0.407 e. The minimum atomic E-state index is -0.473. The standard InChI is InChI=1S/C18H37N5O2.HI/c1-8-19-15(20-10-11-21-17(2,3)4)23-12-9-14(13-23)22-16(24)25-18(5,6)7;/h14,21H,8-13H2,1-7H3,(H,19,20)(H,22,24);1H. The Morgan fingerprint density at radius 1 is 1.23 bits per heavy atom. The first kappa shape index (κ1) is 25.2. The number of nitrogens with zero attached hydrogens (tertiary/aromatic N) is 2. The summed E-state index contributed by atoms with van der Waals surface area (Å²) in [7, 11) is 0. The monoisotopic (exact) mass is 483 g/mol. The first-order valence-corrected chi connectivity index (χ1v) is 9.28. The van der Waals surface area contributed by atoms with Gasteiger partial charge in [-0.2, -0.15) is 0 Å². The van der Waals surface area contributed by atoms with E-state index in [-0.39, 0.29) is 41.7 Å². The highest BCUT2D eigenvalue weighted by molar-refractivity contribution is 14.0. The lowest BCUT2D eigenvalue weighted by molar-refractivity contribution is 0.0507. The zero-order valence-corrected chi connectivity index (χ0v) is 19.8. The van der Waals surface area contributed by atoms with E-state index >= 15 is 0 Å². The Morgan fingerprint density at radius 3 is 2.42 bits per heavy atom. The van der Waals surface area contributed by atoms with Crippen LogP contribution in [0.1, 0.15) is 54.9 Å². The van der Waals surface area contributed by atoms with Crippen LogP contribution in [0, 0.1) is 0 Å². The average Bonchev–Trinajstić information content (AvgIpc) is 2.87. The summed E-state index contributed by atoms with van der Waals surface area (Å²) >= 11 is 0. The highest BCUT2D eigenvalue weighted by atomic mass is 127. The molecule has 7 nitrogen and oxygen atoms in total. The molecule has 1 saturated heterocycles. The number of guanidine groups is 1. The van der Waals surface area contributed by atoms with E-state index in [2.05, 4.69) is 48.5 Å². The molecule has 1 unspecified atom stereocenters. The number of ether oxygens (including phenoxy) is 1. The van der Waals surface area contributed by atoms with Gasteiger partial charge < -0.3 is 25.6 Å². The fraction of sp³-hybridized carbons (Fsp3) is 0.889. The van der Waals surface area contributed by atoms with Crippen molar-refractivity contribution >= 4 is 36.0 Å². The number of likely N-dealkylation sites (tertiary alicyclic amines) is 1. The molecule has 1 fully saturated rings. The van der Waals surface area contributed by atoms with E-state index in [9.17, 15) is 4.79 Å². The van der Waals surface area contributed by atoms with Gasteiger partial charge in [-0.3, -0.25) is 4.99 Å². The van der Waals surface area contributed by atoms with E-state index in [0.29, 0.717) is 0 Å². The Labute approximate surface area is 176 Å². The van der Waals surface area contributed by atoms with Crippen molar-refractivity contribution in [3.63, 3.8) is 0 Å². The maximum atomic E-state index is 11.9. The normalized spacial score (nSPS) is 18.3. The van der Waals surface area contributed by atoms with Crippen LogP contribution in [0.4, 0.5) is 4.79 Å². The molecule has 8 heteroatoms. The van der Waals surface area contributed by atoms with Crippen molar-refractivity contribution in [3.8, 4) is 0 Å². The summed E-state index contributed by atoms with van der Waals surface area (Å²) < 4.78 is 5.33. The van der Waals surface area contributed by atoms with E-state index in [1.165, 1.54) is 0 Å². The lowest BCUT2D eigenvalue weighted by Gasteiger charge is -2.24. The predicted octanol–water partition coefficient (Wildman–Crippen LogP) is 2.56. The lowest BCUT2D eigenvalue weighted by atomic mass is 10.1. The molecule has 1 aliphatic heterocycles. The number of carbonyl (C=O) groups is 1. The number of hydrogen-bond acceptors (Lipinski definition) is 4. The molecule has 3 N–H and O–H groups in total. The molecule has 0 spiro atoms. The van der Waals surface area contributed by atoms with E-state index in [1.54, 1.807) is 0 Å². The molecule has 26 heavy (non-hydrogen) atoms. The largest absolute Gasteiger partial charge is 0.444 e. The molecule has 1 amide bonds. The molecule has 0 bridgehead atoms. The Morgan fingerprint density at radius 2 is 1.88 bits per heavy atom. The van der Waals surface area contributed by atoms with Crippen LogP contribution < -0.4 is 16.0 Å². The number of rotatable bonds is 5. The Kier molecular flexibility index (Phi) is 10.8. The van der Waals surface area contributed by atoms with Gasteiger partial charge in [-0.25, -0.2) is 4.79 Å². The summed E-state index contributed by atoms with van der Waals surface area (Å²) in [6, 6.07) is 0.0893. The summed E-state index contributed by atoms with van der Waals surface area (Å²) in [5, 5.41) is 9.73. The van der Waals surface area contributed by atoms with Gasteiger partial charge in [0.2, 0.25) is 0 Å². The fourth-order valence-corrected chi connectivity index (χ4v) is 2.56. The fourth-order valence-electron chi connectivity index (χ4n) is 2.56. The van der Waals surface area contributed by atoms with Gasteiger partial charge in [0.15, 0.2) is 5.96 Å². The van der Waals surface area contributed by atoms with E-state index < -0.39 is 5.60 Å². The second kappa shape index (κ2) is 11.2. The SMILES string of the molecule is CCNC(=NCCNC(C)(C)C)N1CCC(NC(=O)OC(C)(C)C)C1.I. The van der Waals surface area contributed by atoms with E-state index in [1.807, 2.05) is 20.8 Å². The maximum Gasteiger partial charge on any atom is 0.407 e. The molecule has 0 aromatic heterocycles. The Hall–Kier alpha value is -0.770. The molecule has 1 atom stereocenters. The van der Waals surface area contributed by atoms with Gasteiger partial charge in [-0.1, -0.05) is 0 Å². The van der Waals surface area contributed by atoms with Gasteiger partial charge in [0.05, 0.1) is 12.6 Å². The number of amides is 1. The van der Waals surface area contributed by atoms with Crippen molar-refractivity contribution in [1.82, 2.24) is 20.9 Å². The summed E-state index contributed by atoms with van der Waals surface area (Å²) in [4.78, 5) is 18.8. The molecule has 1 rings (SSSR count). The minimum Gasteiger partial charge on any atom is -0.444 e. The topological polar surface area (TPSA) is 78.0 Å². The molecule has 154 valence electrons. The number of hydrogen-bond donors (Lipinski definition) is 3. The van der Waals surface area contributed by atoms with Gasteiger partial charge in [-0.15, -0.1) is 24.0 Å². The van der Waals surface area contributed by atoms with Crippen molar-refractivity contribution in [1.29, 1.82) is 0 Å². The van der Waals surface area contributed by atoms with Crippen LogP contribution in [0.2, 0.25) is 0 Å². The molecule has 0 radical (unpaired) electrons. The zero-order chi connectivity index (χ0) is 19.1. The van der Waals surface area contributed by atoms with Gasteiger partial charge >= 0.3 is 6.09 Å². The molecule has 0 saturated carbocycles. The molecule has 1 heterocycles. The third kappa shape index (κ3) is 11.1. The number of aliphatic imine (C=N–C) groups is 1. The van der Waals surface area contributed by atoms with Crippen LogP contribution in [0.3, 0.4) is 0 Å². The van der Waals surface area contributed by atoms with Crippen molar-refractivity contribution in [3.05, 3.63) is 0 Å². The summed E-state index contributed by atoms with van der Waals surface area (Å²) in [6.45, 7) is 18.1. The molecular weight excluding hydrogens is 445 g/mol. The highest BCUT2D eigenvalue weighted by Crippen LogP contribution is 2.12. The van der Waals surface area contributed by atoms with Crippen LogP contribution in [-0.4, -0.2) is 66.9 Å². The quantitative estimate of drug-likeness (QED) is 0.243. The van der Waals surface area contributed by atoms with Crippen LogP contribution in [0.5, 0.6) is 0 Å². The van der Waals surface area contributed by atoms with Crippen LogP contribution in [0.15, 0.2) is 4.99 Å². The molecule has 0 aromatic rings. The second-order valence-corrected chi connectivity index (χ2v) is 8.49. The Balaban J connectivity index is 0.00000625. The first-order chi connectivity index (χ1) is 11.5. The number of nitrogens with one attached hydrogen (secondary N) is 3. The Bertz CT molecular complexity index is 457. The first-order valence-electron chi connectivity index (χ1n) is 9.28. The van der Waals surface area contributed by atoms with Crippen LogP contribution in [0.25, 0.3) is 0 Å². The second-order valence-electron chi connectivity index (χ2n) is 8.49. The van der Waals surface area contributed by atoms with Gasteiger partial charge in [0.25, 0.3) is 0 Å². The average molecular weight is 483 g/mol. The predicted molar refractivity (Wildman–Crippen MR) is 118 cm³/mol. The zero-order valence-electron chi connectivity index (χ0n) is 17.4. The number of alkyl carbamates (subject to hydrolysis) is 1. The third-order valence-corrected chi connectivity index (χ3v) is 3.57. The van der Waals surface area contributed by atoms with Crippen molar-refractivity contribution in [2.24, 2.45) is 4.99 Å². The number of carbonyl (C=O) groups excluding carboxylic acids is 1. The van der Waals surface area contributed by atoms with Crippen LogP contribution >= 0.6 is 24.0 Å². The molecule has 0 aromatic carbocycles. The number of halogens is 1. The third-order valence-electron chi connectivity index (χ3n) is 3.57. The molecule has 1 aliphatic rings. The van der Waals surface area contributed by atoms with Crippen LogP contribution in [-0.2, 0) is 4.74 Å². The van der Waals surface area contributed by atoms with Crippen molar-refractivity contribution in [2.45, 2.75) is 72.1 Å². The highest BCUT2D eigenvalue weighted by Gasteiger charge is 2.27. The van der Waals surface area contributed by atoms with Crippen molar-refractivity contribution < 1.29 is 9.53 Å². The summed E-state index contributed by atoms with van der Waals surface area (Å²) in [5.41, 5.74) is -0.372. The summed E-state index contributed by atoms with van der Waals surface area (Å²) in [6.07, 6.45) is 0.542. The lowest BCUT2D eigenvalue weighted by Crippen LogP contribution is -2.44. The van der Waals surface area contributed by atoms with Gasteiger partial charge in [0.1, 0.15) is 5.60 Å². The molecular formula is C18H38IN5O2. The van der Waals surface area contributed by atoms with Gasteiger partial charge in [-0.05, 0) is 54.9 Å². The maximum absolute atomic E-state index is 11.9. The van der Waals surface area contributed by atoms with Crippen molar-refractivity contribution in [2.75, 3.05) is 32.7 Å².